The van der Waals surface area contributed by atoms with Crippen LogP contribution in [0.3, 0.4) is 0 Å². The lowest BCUT2D eigenvalue weighted by atomic mass is 10.2. The zero-order valence-corrected chi connectivity index (χ0v) is 10.7. The highest BCUT2D eigenvalue weighted by molar-refractivity contribution is 7.89. The quantitative estimate of drug-likeness (QED) is 0.707. The van der Waals surface area contributed by atoms with Crippen LogP contribution < -0.4 is 15.8 Å². The van der Waals surface area contributed by atoms with Gasteiger partial charge in [0.05, 0.1) is 23.0 Å². The zero-order valence-electron chi connectivity index (χ0n) is 9.91. The number of sulfonamides is 1. The van der Waals surface area contributed by atoms with Crippen molar-refractivity contribution in [1.82, 2.24) is 0 Å². The highest BCUT2D eigenvalue weighted by atomic mass is 32.2. The van der Waals surface area contributed by atoms with Gasteiger partial charge in [0.25, 0.3) is 0 Å². The maximum absolute atomic E-state index is 11.9. The van der Waals surface area contributed by atoms with Crippen molar-refractivity contribution in [2.45, 2.75) is 11.7 Å². The van der Waals surface area contributed by atoms with E-state index in [2.05, 4.69) is 0 Å². The van der Waals surface area contributed by atoms with Gasteiger partial charge >= 0.3 is 0 Å². The van der Waals surface area contributed by atoms with Gasteiger partial charge in [0, 0.05) is 13.0 Å². The first-order valence-corrected chi connectivity index (χ1v) is 7.05. The Labute approximate surface area is 110 Å². The molecule has 1 aromatic rings. The fourth-order valence-corrected chi connectivity index (χ4v) is 2.71. The summed E-state index contributed by atoms with van der Waals surface area (Å²) in [5.74, 6) is -0.374. The van der Waals surface area contributed by atoms with Crippen molar-refractivity contribution >= 4 is 27.3 Å². The molecule has 1 aliphatic rings. The third-order valence-corrected chi connectivity index (χ3v) is 4.25. The molecular formula is C11H12N4O3S. The lowest BCUT2D eigenvalue weighted by molar-refractivity contribution is -0.117. The molecule has 1 heterocycles. The Morgan fingerprint density at radius 2 is 2.11 bits per heavy atom. The molecule has 8 heteroatoms. The van der Waals surface area contributed by atoms with E-state index < -0.39 is 15.3 Å². The molecule has 1 saturated heterocycles. The molecule has 0 radical (unpaired) electrons. The molecule has 0 spiro atoms. The van der Waals surface area contributed by atoms with Gasteiger partial charge in [-0.3, -0.25) is 4.79 Å². The van der Waals surface area contributed by atoms with Crippen LogP contribution in [-0.2, 0) is 14.8 Å². The van der Waals surface area contributed by atoms with Gasteiger partial charge in [0.1, 0.15) is 5.25 Å². The van der Waals surface area contributed by atoms with E-state index in [4.69, 9.17) is 16.1 Å². The first kappa shape index (κ1) is 13.3. The standard InChI is InChI=1S/C11H12N4O3S/c12-5-7-1-2-9(13)10(3-7)15-6-8(4-11(15)16)19(14,17)18/h1-3,8H,4,6,13H2,(H2,14,17,18). The Kier molecular flexibility index (Phi) is 3.18. The van der Waals surface area contributed by atoms with Crippen LogP contribution in [-0.4, -0.2) is 26.1 Å². The summed E-state index contributed by atoms with van der Waals surface area (Å²) in [7, 11) is -3.77. The minimum atomic E-state index is -3.77. The summed E-state index contributed by atoms with van der Waals surface area (Å²) in [5.41, 5.74) is 6.75. The number of rotatable bonds is 2. The summed E-state index contributed by atoms with van der Waals surface area (Å²) < 4.78 is 22.6. The summed E-state index contributed by atoms with van der Waals surface area (Å²) in [5, 5.41) is 12.9. The second-order valence-electron chi connectivity index (χ2n) is 4.30. The van der Waals surface area contributed by atoms with Crippen molar-refractivity contribution < 1.29 is 13.2 Å². The molecule has 4 N–H and O–H groups in total. The molecular weight excluding hydrogens is 268 g/mol. The largest absolute Gasteiger partial charge is 0.397 e. The van der Waals surface area contributed by atoms with Gasteiger partial charge < -0.3 is 10.6 Å². The number of anilines is 2. The van der Waals surface area contributed by atoms with Gasteiger partial charge in [-0.1, -0.05) is 0 Å². The van der Waals surface area contributed by atoms with Crippen LogP contribution in [0.4, 0.5) is 11.4 Å². The van der Waals surface area contributed by atoms with Crippen molar-refractivity contribution in [1.29, 1.82) is 5.26 Å². The number of hydrogen-bond donors (Lipinski definition) is 2. The zero-order chi connectivity index (χ0) is 14.2. The second kappa shape index (κ2) is 4.53. The number of primary sulfonamides is 1. The normalized spacial score (nSPS) is 19.5. The molecule has 2 rings (SSSR count). The van der Waals surface area contributed by atoms with E-state index in [-0.39, 0.29) is 18.9 Å². The summed E-state index contributed by atoms with van der Waals surface area (Å²) in [4.78, 5) is 13.1. The molecule has 1 aliphatic heterocycles. The highest BCUT2D eigenvalue weighted by Crippen LogP contribution is 2.29. The Hall–Kier alpha value is -2.11. The molecule has 0 saturated carbocycles. The third-order valence-electron chi connectivity index (χ3n) is 3.00. The monoisotopic (exact) mass is 280 g/mol. The molecule has 19 heavy (non-hydrogen) atoms. The van der Waals surface area contributed by atoms with Crippen molar-refractivity contribution in [3.05, 3.63) is 23.8 Å². The van der Waals surface area contributed by atoms with Crippen LogP contribution in [0.5, 0.6) is 0 Å². The topological polar surface area (TPSA) is 130 Å². The second-order valence-corrected chi connectivity index (χ2v) is 6.15. The van der Waals surface area contributed by atoms with E-state index >= 15 is 0 Å². The number of hydrogen-bond acceptors (Lipinski definition) is 5. The van der Waals surface area contributed by atoms with E-state index in [1.54, 1.807) is 0 Å². The van der Waals surface area contributed by atoms with Crippen molar-refractivity contribution in [3.8, 4) is 6.07 Å². The lowest BCUT2D eigenvalue weighted by Crippen LogP contribution is -2.32. The minimum Gasteiger partial charge on any atom is -0.397 e. The first-order valence-electron chi connectivity index (χ1n) is 5.44. The van der Waals surface area contributed by atoms with Crippen LogP contribution in [0.2, 0.25) is 0 Å². The Bertz CT molecular complexity index is 678. The van der Waals surface area contributed by atoms with Crippen LogP contribution in [0.1, 0.15) is 12.0 Å². The SMILES string of the molecule is N#Cc1ccc(N)c(N2CC(S(N)(=O)=O)CC2=O)c1. The van der Waals surface area contributed by atoms with Gasteiger partial charge in [-0.2, -0.15) is 5.26 Å². The predicted octanol–water partition coefficient (Wildman–Crippen LogP) is -0.466. The predicted molar refractivity (Wildman–Crippen MR) is 69.4 cm³/mol. The van der Waals surface area contributed by atoms with Crippen molar-refractivity contribution in [3.63, 3.8) is 0 Å². The van der Waals surface area contributed by atoms with Crippen molar-refractivity contribution in [2.24, 2.45) is 5.14 Å². The lowest BCUT2D eigenvalue weighted by Gasteiger charge is -2.18. The molecule has 1 amide bonds. The number of benzene rings is 1. The van der Waals surface area contributed by atoms with Gasteiger partial charge in [-0.25, -0.2) is 13.6 Å². The van der Waals surface area contributed by atoms with E-state index in [1.165, 1.54) is 23.1 Å². The number of amides is 1. The van der Waals surface area contributed by atoms with Crippen molar-refractivity contribution in [2.75, 3.05) is 17.2 Å². The fraction of sp³-hybridized carbons (Fsp3) is 0.273. The average Bonchev–Trinajstić information content (AvgIpc) is 2.72. The summed E-state index contributed by atoms with van der Waals surface area (Å²) in [6, 6.07) is 6.42. The molecule has 1 atom stereocenters. The first-order chi connectivity index (χ1) is 8.82. The molecule has 1 aromatic carbocycles. The highest BCUT2D eigenvalue weighted by Gasteiger charge is 2.37. The van der Waals surface area contributed by atoms with E-state index in [9.17, 15) is 13.2 Å². The summed E-state index contributed by atoms with van der Waals surface area (Å²) >= 11 is 0. The number of nitrogens with two attached hydrogens (primary N) is 2. The van der Waals surface area contributed by atoms with Crippen LogP contribution in [0.15, 0.2) is 18.2 Å². The average molecular weight is 280 g/mol. The molecule has 0 aromatic heterocycles. The smallest absolute Gasteiger partial charge is 0.228 e. The van der Waals surface area contributed by atoms with E-state index in [0.29, 0.717) is 16.9 Å². The van der Waals surface area contributed by atoms with Gasteiger partial charge in [-0.15, -0.1) is 0 Å². The Balaban J connectivity index is 2.39. The molecule has 1 fully saturated rings. The van der Waals surface area contributed by atoms with Gasteiger partial charge in [0.15, 0.2) is 0 Å². The number of nitrogens with zero attached hydrogens (tertiary/aromatic N) is 2. The molecule has 1 unspecified atom stereocenters. The third kappa shape index (κ3) is 2.52. The number of nitrogen functional groups attached to an aromatic ring is 1. The Morgan fingerprint density at radius 1 is 1.42 bits per heavy atom. The molecule has 0 aliphatic carbocycles. The molecule has 100 valence electrons. The summed E-state index contributed by atoms with van der Waals surface area (Å²) in [6.45, 7) is -0.0449. The van der Waals surface area contributed by atoms with Crippen LogP contribution >= 0.6 is 0 Å². The molecule has 7 nitrogen and oxygen atoms in total. The number of carbonyl (C=O) groups is 1. The van der Waals surface area contributed by atoms with E-state index in [0.717, 1.165) is 0 Å². The minimum absolute atomic E-state index is 0.0449. The summed E-state index contributed by atoms with van der Waals surface area (Å²) in [6.07, 6.45) is -0.172. The maximum Gasteiger partial charge on any atom is 0.228 e. The van der Waals surface area contributed by atoms with Crippen LogP contribution in [0.25, 0.3) is 0 Å². The fourth-order valence-electron chi connectivity index (χ4n) is 1.97. The molecule has 0 bridgehead atoms. The Morgan fingerprint density at radius 3 is 2.63 bits per heavy atom. The maximum atomic E-state index is 11.9. The van der Waals surface area contributed by atoms with Gasteiger partial charge in [0.2, 0.25) is 15.9 Å². The van der Waals surface area contributed by atoms with Gasteiger partial charge in [-0.05, 0) is 18.2 Å². The number of carbonyl (C=O) groups excluding carboxylic acids is 1. The van der Waals surface area contributed by atoms with E-state index in [1.807, 2.05) is 6.07 Å². The number of nitriles is 1. The van der Waals surface area contributed by atoms with Crippen LogP contribution in [0, 0.1) is 11.3 Å².